The first kappa shape index (κ1) is 15.8. The SMILES string of the molecule is CCCC1NC(c2ccc(C(F)(F)F)cc2)N(CC)C1=O. The Labute approximate surface area is 122 Å². The first-order valence-electron chi connectivity index (χ1n) is 7.12. The van der Waals surface area contributed by atoms with Gasteiger partial charge in [0.05, 0.1) is 11.6 Å². The van der Waals surface area contributed by atoms with E-state index >= 15 is 0 Å². The zero-order valence-electron chi connectivity index (χ0n) is 12.1. The average Bonchev–Trinajstić information content (AvgIpc) is 2.75. The summed E-state index contributed by atoms with van der Waals surface area (Å²) in [6.07, 6.45) is -3.08. The van der Waals surface area contributed by atoms with Crippen LogP contribution in [0.5, 0.6) is 0 Å². The highest BCUT2D eigenvalue weighted by atomic mass is 19.4. The number of benzene rings is 1. The molecule has 21 heavy (non-hydrogen) atoms. The molecular formula is C15H19F3N2O. The van der Waals surface area contributed by atoms with Gasteiger partial charge in [-0.05, 0) is 31.0 Å². The summed E-state index contributed by atoms with van der Waals surface area (Å²) in [5, 5.41) is 3.21. The lowest BCUT2D eigenvalue weighted by Crippen LogP contribution is -2.30. The molecule has 0 saturated carbocycles. The number of halogens is 3. The molecule has 0 aliphatic carbocycles. The fraction of sp³-hybridized carbons (Fsp3) is 0.533. The minimum Gasteiger partial charge on any atom is -0.322 e. The summed E-state index contributed by atoms with van der Waals surface area (Å²) < 4.78 is 37.8. The summed E-state index contributed by atoms with van der Waals surface area (Å²) in [4.78, 5) is 13.9. The Morgan fingerprint density at radius 1 is 1.19 bits per heavy atom. The second-order valence-corrected chi connectivity index (χ2v) is 5.15. The van der Waals surface area contributed by atoms with Crippen LogP contribution in [0, 0.1) is 0 Å². The highest BCUT2D eigenvalue weighted by molar-refractivity contribution is 5.84. The van der Waals surface area contributed by atoms with Crippen molar-refractivity contribution in [3.8, 4) is 0 Å². The molecule has 1 aliphatic heterocycles. The van der Waals surface area contributed by atoms with Crippen molar-refractivity contribution in [2.45, 2.75) is 45.1 Å². The Hall–Kier alpha value is -1.56. The number of nitrogens with zero attached hydrogens (tertiary/aromatic N) is 1. The monoisotopic (exact) mass is 300 g/mol. The van der Waals surface area contributed by atoms with Crippen LogP contribution in [0.2, 0.25) is 0 Å². The lowest BCUT2D eigenvalue weighted by molar-refractivity contribution is -0.137. The van der Waals surface area contributed by atoms with Crippen molar-refractivity contribution >= 4 is 5.91 Å². The number of likely N-dealkylation sites (N-methyl/N-ethyl adjacent to an activating group) is 1. The van der Waals surface area contributed by atoms with Gasteiger partial charge < -0.3 is 4.90 Å². The van der Waals surface area contributed by atoms with Crippen LogP contribution in [-0.4, -0.2) is 23.4 Å². The Morgan fingerprint density at radius 2 is 1.81 bits per heavy atom. The molecule has 0 radical (unpaired) electrons. The van der Waals surface area contributed by atoms with Gasteiger partial charge >= 0.3 is 6.18 Å². The van der Waals surface area contributed by atoms with Crippen LogP contribution in [-0.2, 0) is 11.0 Å². The van der Waals surface area contributed by atoms with Crippen molar-refractivity contribution < 1.29 is 18.0 Å². The largest absolute Gasteiger partial charge is 0.416 e. The number of carbonyl (C=O) groups excluding carboxylic acids is 1. The number of amides is 1. The molecule has 1 N–H and O–H groups in total. The third-order valence-electron chi connectivity index (χ3n) is 3.72. The van der Waals surface area contributed by atoms with Gasteiger partial charge in [-0.15, -0.1) is 0 Å². The molecule has 0 bridgehead atoms. The number of hydrogen-bond acceptors (Lipinski definition) is 2. The highest BCUT2D eigenvalue weighted by Gasteiger charge is 2.38. The fourth-order valence-corrected chi connectivity index (χ4v) is 2.64. The zero-order valence-corrected chi connectivity index (χ0v) is 12.1. The summed E-state index contributed by atoms with van der Waals surface area (Å²) in [5.41, 5.74) is 0.000494. The summed E-state index contributed by atoms with van der Waals surface area (Å²) in [6, 6.07) is 4.74. The Balaban J connectivity index is 2.22. The minimum atomic E-state index is -4.34. The fourth-order valence-electron chi connectivity index (χ4n) is 2.64. The van der Waals surface area contributed by atoms with Crippen molar-refractivity contribution in [3.63, 3.8) is 0 Å². The number of carbonyl (C=O) groups is 1. The van der Waals surface area contributed by atoms with Crippen LogP contribution in [0.25, 0.3) is 0 Å². The molecule has 1 aromatic carbocycles. The van der Waals surface area contributed by atoms with Crippen molar-refractivity contribution in [1.82, 2.24) is 10.2 Å². The Bertz CT molecular complexity index is 499. The Morgan fingerprint density at radius 3 is 2.29 bits per heavy atom. The van der Waals surface area contributed by atoms with Crippen LogP contribution < -0.4 is 5.32 Å². The summed E-state index contributed by atoms with van der Waals surface area (Å²) in [6.45, 7) is 4.39. The van der Waals surface area contributed by atoms with Crippen molar-refractivity contribution in [2.75, 3.05) is 6.54 Å². The first-order chi connectivity index (χ1) is 9.88. The van der Waals surface area contributed by atoms with E-state index in [0.29, 0.717) is 12.1 Å². The van der Waals surface area contributed by atoms with Crippen LogP contribution >= 0.6 is 0 Å². The lowest BCUT2D eigenvalue weighted by atomic mass is 10.1. The van der Waals surface area contributed by atoms with Crippen molar-refractivity contribution in [1.29, 1.82) is 0 Å². The molecule has 1 saturated heterocycles. The van der Waals surface area contributed by atoms with Gasteiger partial charge in [0.25, 0.3) is 0 Å². The van der Waals surface area contributed by atoms with E-state index in [9.17, 15) is 18.0 Å². The van der Waals surface area contributed by atoms with E-state index in [2.05, 4.69) is 5.32 Å². The van der Waals surface area contributed by atoms with Crippen LogP contribution in [0.15, 0.2) is 24.3 Å². The standard InChI is InChI=1S/C15H19F3N2O/c1-3-5-12-14(21)20(4-2)13(19-12)10-6-8-11(9-7-10)15(16,17)18/h6-9,12-13,19H,3-5H2,1-2H3. The predicted molar refractivity (Wildman–Crippen MR) is 73.4 cm³/mol. The first-order valence-corrected chi connectivity index (χ1v) is 7.12. The van der Waals surface area contributed by atoms with Gasteiger partial charge in [-0.2, -0.15) is 13.2 Å². The summed E-state index contributed by atoms with van der Waals surface area (Å²) in [5.74, 6) is 0.0178. The third kappa shape index (κ3) is 3.20. The molecule has 3 nitrogen and oxygen atoms in total. The van der Waals surface area contributed by atoms with Crippen molar-refractivity contribution in [2.24, 2.45) is 0 Å². The molecule has 1 heterocycles. The van der Waals surface area contributed by atoms with Gasteiger partial charge in [-0.25, -0.2) is 0 Å². The van der Waals surface area contributed by atoms with Gasteiger partial charge in [-0.1, -0.05) is 25.5 Å². The summed E-state index contributed by atoms with van der Waals surface area (Å²) in [7, 11) is 0. The minimum absolute atomic E-state index is 0.0178. The van der Waals surface area contributed by atoms with Gasteiger partial charge in [0.15, 0.2) is 0 Å². The maximum Gasteiger partial charge on any atom is 0.416 e. The molecule has 1 fully saturated rings. The van der Waals surface area contributed by atoms with Gasteiger partial charge in [0, 0.05) is 6.54 Å². The molecule has 0 aromatic heterocycles. The number of hydrogen-bond donors (Lipinski definition) is 1. The number of nitrogens with one attached hydrogen (secondary N) is 1. The molecule has 1 aliphatic rings. The molecule has 2 unspecified atom stereocenters. The van der Waals surface area contributed by atoms with Crippen LogP contribution in [0.4, 0.5) is 13.2 Å². The second kappa shape index (κ2) is 6.05. The lowest BCUT2D eigenvalue weighted by Gasteiger charge is -2.23. The quantitative estimate of drug-likeness (QED) is 0.925. The van der Waals surface area contributed by atoms with E-state index in [-0.39, 0.29) is 18.1 Å². The van der Waals surface area contributed by atoms with Crippen molar-refractivity contribution in [3.05, 3.63) is 35.4 Å². The topological polar surface area (TPSA) is 32.3 Å². The summed E-state index contributed by atoms with van der Waals surface area (Å²) >= 11 is 0. The van der Waals surface area contributed by atoms with E-state index in [0.717, 1.165) is 25.0 Å². The molecule has 2 rings (SSSR count). The zero-order chi connectivity index (χ0) is 15.6. The molecule has 2 atom stereocenters. The average molecular weight is 300 g/mol. The third-order valence-corrected chi connectivity index (χ3v) is 3.72. The van der Waals surface area contributed by atoms with E-state index < -0.39 is 11.7 Å². The van der Waals surface area contributed by atoms with Crippen LogP contribution in [0.3, 0.4) is 0 Å². The maximum absolute atomic E-state index is 12.6. The normalized spacial score (nSPS) is 22.9. The smallest absolute Gasteiger partial charge is 0.322 e. The molecule has 116 valence electrons. The van der Waals surface area contributed by atoms with E-state index in [1.165, 1.54) is 12.1 Å². The van der Waals surface area contributed by atoms with E-state index in [1.54, 1.807) is 4.90 Å². The molecular weight excluding hydrogens is 281 g/mol. The van der Waals surface area contributed by atoms with Crippen LogP contribution in [0.1, 0.15) is 44.0 Å². The van der Waals surface area contributed by atoms with Gasteiger partial charge in [0.2, 0.25) is 5.91 Å². The number of rotatable bonds is 4. The highest BCUT2D eigenvalue weighted by Crippen LogP contribution is 2.32. The second-order valence-electron chi connectivity index (χ2n) is 5.15. The van der Waals surface area contributed by atoms with E-state index in [1.807, 2.05) is 13.8 Å². The van der Waals surface area contributed by atoms with E-state index in [4.69, 9.17) is 0 Å². The molecule has 6 heteroatoms. The van der Waals surface area contributed by atoms with Gasteiger partial charge in [0.1, 0.15) is 6.17 Å². The maximum atomic E-state index is 12.6. The van der Waals surface area contributed by atoms with Gasteiger partial charge in [-0.3, -0.25) is 10.1 Å². The molecule has 1 aromatic rings. The molecule has 0 spiro atoms. The predicted octanol–water partition coefficient (Wildman–Crippen LogP) is 3.32. The number of alkyl halides is 3. The molecule has 1 amide bonds. The Kier molecular flexibility index (Phi) is 4.56.